The quantitative estimate of drug-likeness (QED) is 0.620. The largest absolute Gasteiger partial charge is 0.338 e. The molecule has 0 spiro atoms. The monoisotopic (exact) mass is 276 g/mol. The van der Waals surface area contributed by atoms with Crippen molar-refractivity contribution >= 4 is 23.7 Å². The Morgan fingerprint density at radius 2 is 1.95 bits per heavy atom. The van der Waals surface area contributed by atoms with Gasteiger partial charge in [-0.1, -0.05) is 19.1 Å². The predicted molar refractivity (Wildman–Crippen MR) is 73.2 cm³/mol. The van der Waals surface area contributed by atoms with E-state index in [0.717, 1.165) is 6.42 Å². The van der Waals surface area contributed by atoms with Crippen molar-refractivity contribution in [3.05, 3.63) is 29.8 Å². The van der Waals surface area contributed by atoms with Crippen LogP contribution in [0.2, 0.25) is 0 Å². The Balaban J connectivity index is 1.98. The molecule has 5 amide bonds. The van der Waals surface area contributed by atoms with Gasteiger partial charge in [-0.15, -0.1) is 0 Å². The van der Waals surface area contributed by atoms with Gasteiger partial charge in [-0.2, -0.15) is 0 Å². The molecule has 0 bridgehead atoms. The molecule has 7 nitrogen and oxygen atoms in total. The number of carbonyl (C=O) groups is 3. The summed E-state index contributed by atoms with van der Waals surface area (Å²) in [5.74, 6) is -0.378. The van der Waals surface area contributed by atoms with Crippen LogP contribution in [-0.2, 0) is 4.79 Å². The fourth-order valence-corrected chi connectivity index (χ4v) is 1.82. The zero-order chi connectivity index (χ0) is 14.5. The van der Waals surface area contributed by atoms with Crippen molar-refractivity contribution in [1.29, 1.82) is 0 Å². The molecule has 1 unspecified atom stereocenters. The molecule has 4 N–H and O–H groups in total. The number of benzene rings is 1. The average Bonchev–Trinajstić information content (AvgIpc) is 2.76. The number of carbonyl (C=O) groups excluding carboxylic acids is 3. The van der Waals surface area contributed by atoms with Crippen molar-refractivity contribution in [1.82, 2.24) is 16.0 Å². The van der Waals surface area contributed by atoms with Crippen molar-refractivity contribution in [3.63, 3.8) is 0 Å². The lowest BCUT2D eigenvalue weighted by Gasteiger charge is -2.10. The predicted octanol–water partition coefficient (Wildman–Crippen LogP) is 1.10. The molecule has 7 heteroatoms. The molecule has 0 radical (unpaired) electrons. The SMILES string of the molecule is CCCNC(=O)Nc1ccc(C2NC(=O)NC2=O)cc1. The standard InChI is InChI=1S/C13H16N4O3/c1-2-7-14-12(19)15-9-5-3-8(4-6-9)10-11(18)17-13(20)16-10/h3-6,10H,2,7H2,1H3,(H2,14,15,19)(H2,16,17,18,20). The van der Waals surface area contributed by atoms with Gasteiger partial charge < -0.3 is 16.0 Å². The number of hydrogen-bond acceptors (Lipinski definition) is 3. The second-order valence-electron chi connectivity index (χ2n) is 4.40. The van der Waals surface area contributed by atoms with Crippen LogP contribution < -0.4 is 21.3 Å². The molecule has 0 saturated carbocycles. The fraction of sp³-hybridized carbons (Fsp3) is 0.308. The van der Waals surface area contributed by atoms with Gasteiger partial charge in [0.15, 0.2) is 0 Å². The van der Waals surface area contributed by atoms with E-state index in [-0.39, 0.29) is 11.9 Å². The summed E-state index contributed by atoms with van der Waals surface area (Å²) in [6.45, 7) is 2.58. The second-order valence-corrected chi connectivity index (χ2v) is 4.40. The van der Waals surface area contributed by atoms with Gasteiger partial charge in [-0.05, 0) is 24.1 Å². The first-order chi connectivity index (χ1) is 9.60. The molecule has 106 valence electrons. The lowest BCUT2D eigenvalue weighted by molar-refractivity contribution is -0.120. The zero-order valence-electron chi connectivity index (χ0n) is 11.0. The Morgan fingerprint density at radius 1 is 1.25 bits per heavy atom. The van der Waals surface area contributed by atoms with Crippen molar-refractivity contribution in [3.8, 4) is 0 Å². The van der Waals surface area contributed by atoms with E-state index in [1.54, 1.807) is 24.3 Å². The molecule has 20 heavy (non-hydrogen) atoms. The van der Waals surface area contributed by atoms with Gasteiger partial charge in [-0.3, -0.25) is 10.1 Å². The van der Waals surface area contributed by atoms with Crippen LogP contribution in [0, 0.1) is 0 Å². The molecule has 1 aliphatic rings. The van der Waals surface area contributed by atoms with Crippen LogP contribution in [0.3, 0.4) is 0 Å². The smallest absolute Gasteiger partial charge is 0.322 e. The summed E-state index contributed by atoms with van der Waals surface area (Å²) in [4.78, 5) is 34.0. The van der Waals surface area contributed by atoms with E-state index in [0.29, 0.717) is 17.8 Å². The maximum absolute atomic E-state index is 11.5. The van der Waals surface area contributed by atoms with E-state index in [9.17, 15) is 14.4 Å². The van der Waals surface area contributed by atoms with E-state index >= 15 is 0 Å². The maximum Gasteiger partial charge on any atom is 0.322 e. The first kappa shape index (κ1) is 13.9. The maximum atomic E-state index is 11.5. The normalized spacial score (nSPS) is 17.4. The van der Waals surface area contributed by atoms with Gasteiger partial charge in [0.1, 0.15) is 6.04 Å². The minimum atomic E-state index is -0.675. The van der Waals surface area contributed by atoms with E-state index in [1.807, 2.05) is 6.92 Å². The number of nitrogens with one attached hydrogen (secondary N) is 4. The third-order valence-electron chi connectivity index (χ3n) is 2.81. The Hall–Kier alpha value is -2.57. The highest BCUT2D eigenvalue weighted by Crippen LogP contribution is 2.18. The molecule has 1 fully saturated rings. The summed E-state index contributed by atoms with van der Waals surface area (Å²) in [7, 11) is 0. The third-order valence-corrected chi connectivity index (χ3v) is 2.81. The first-order valence-corrected chi connectivity index (χ1v) is 6.36. The summed E-state index contributed by atoms with van der Waals surface area (Å²) in [6, 6.07) is 5.28. The molecule has 2 rings (SSSR count). The molecule has 1 heterocycles. The number of urea groups is 2. The van der Waals surface area contributed by atoms with Crippen molar-refractivity contribution in [2.24, 2.45) is 0 Å². The molecular weight excluding hydrogens is 260 g/mol. The number of hydrogen-bond donors (Lipinski definition) is 4. The van der Waals surface area contributed by atoms with Crippen molar-refractivity contribution in [2.75, 3.05) is 11.9 Å². The number of amides is 5. The molecule has 1 atom stereocenters. The average molecular weight is 276 g/mol. The summed E-state index contributed by atoms with van der Waals surface area (Å²) in [5, 5.41) is 10.0. The first-order valence-electron chi connectivity index (χ1n) is 6.36. The molecule has 1 aliphatic heterocycles. The zero-order valence-corrected chi connectivity index (χ0v) is 11.0. The van der Waals surface area contributed by atoms with Crippen molar-refractivity contribution in [2.45, 2.75) is 19.4 Å². The lowest BCUT2D eigenvalue weighted by Crippen LogP contribution is -2.29. The van der Waals surface area contributed by atoms with Crippen LogP contribution in [-0.4, -0.2) is 24.5 Å². The van der Waals surface area contributed by atoms with Gasteiger partial charge in [0.05, 0.1) is 0 Å². The Bertz CT molecular complexity index is 527. The molecule has 0 aromatic heterocycles. The molecular formula is C13H16N4O3. The summed E-state index contributed by atoms with van der Waals surface area (Å²) in [5.41, 5.74) is 1.28. The lowest BCUT2D eigenvalue weighted by atomic mass is 10.1. The van der Waals surface area contributed by atoms with Crippen LogP contribution in [0.5, 0.6) is 0 Å². The van der Waals surface area contributed by atoms with Crippen molar-refractivity contribution < 1.29 is 14.4 Å². The molecule has 1 aromatic carbocycles. The van der Waals surface area contributed by atoms with E-state index < -0.39 is 12.1 Å². The molecule has 1 saturated heterocycles. The van der Waals surface area contributed by atoms with Crippen LogP contribution >= 0.6 is 0 Å². The highest BCUT2D eigenvalue weighted by atomic mass is 16.2. The molecule has 0 aliphatic carbocycles. The van der Waals surface area contributed by atoms with Crippen LogP contribution in [0.4, 0.5) is 15.3 Å². The van der Waals surface area contributed by atoms with E-state index in [4.69, 9.17) is 0 Å². The third kappa shape index (κ3) is 3.25. The van der Waals surface area contributed by atoms with Crippen LogP contribution in [0.25, 0.3) is 0 Å². The highest BCUT2D eigenvalue weighted by molar-refractivity contribution is 6.04. The van der Waals surface area contributed by atoms with Gasteiger partial charge in [-0.25, -0.2) is 9.59 Å². The Kier molecular flexibility index (Phi) is 4.19. The minimum absolute atomic E-state index is 0.272. The number of anilines is 1. The molecule has 1 aromatic rings. The van der Waals surface area contributed by atoms with Gasteiger partial charge in [0.2, 0.25) is 0 Å². The minimum Gasteiger partial charge on any atom is -0.338 e. The van der Waals surface area contributed by atoms with Gasteiger partial charge >= 0.3 is 12.1 Å². The van der Waals surface area contributed by atoms with Gasteiger partial charge in [0.25, 0.3) is 5.91 Å². The fourth-order valence-electron chi connectivity index (χ4n) is 1.82. The van der Waals surface area contributed by atoms with Crippen LogP contribution in [0.1, 0.15) is 24.9 Å². The summed E-state index contributed by atoms with van der Waals surface area (Å²) < 4.78 is 0. The van der Waals surface area contributed by atoms with Gasteiger partial charge in [0, 0.05) is 12.2 Å². The van der Waals surface area contributed by atoms with E-state index in [2.05, 4.69) is 21.3 Å². The topological polar surface area (TPSA) is 99.3 Å². The Labute approximate surface area is 116 Å². The summed E-state index contributed by atoms with van der Waals surface area (Å²) >= 11 is 0. The highest BCUT2D eigenvalue weighted by Gasteiger charge is 2.30. The Morgan fingerprint density at radius 3 is 2.50 bits per heavy atom. The number of rotatable bonds is 4. The van der Waals surface area contributed by atoms with E-state index in [1.165, 1.54) is 0 Å². The number of imide groups is 1. The van der Waals surface area contributed by atoms with Crippen LogP contribution in [0.15, 0.2) is 24.3 Å². The second kappa shape index (κ2) is 6.05. The summed E-state index contributed by atoms with van der Waals surface area (Å²) in [6.07, 6.45) is 0.864.